The van der Waals surface area contributed by atoms with Gasteiger partial charge in [-0.25, -0.2) is 8.42 Å². The van der Waals surface area contributed by atoms with Gasteiger partial charge in [-0.05, 0) is 54.8 Å². The maximum Gasteiger partial charge on any atom is 0.247 e. The lowest BCUT2D eigenvalue weighted by Gasteiger charge is -2.23. The van der Waals surface area contributed by atoms with Crippen molar-refractivity contribution in [3.63, 3.8) is 0 Å². The molecule has 10 nitrogen and oxygen atoms in total. The van der Waals surface area contributed by atoms with E-state index in [1.54, 1.807) is 38.1 Å². The summed E-state index contributed by atoms with van der Waals surface area (Å²) in [5.41, 5.74) is 1.16. The number of benzene rings is 2. The van der Waals surface area contributed by atoms with Crippen LogP contribution in [0, 0.1) is 0 Å². The lowest BCUT2D eigenvalue weighted by atomic mass is 10.0. The van der Waals surface area contributed by atoms with E-state index in [9.17, 15) is 13.2 Å². The minimum Gasteiger partial charge on any atom is -0.493 e. The summed E-state index contributed by atoms with van der Waals surface area (Å²) in [6.07, 6.45) is 1.84. The zero-order valence-electron chi connectivity index (χ0n) is 22.1. The Kier molecular flexibility index (Phi) is 10.0. The van der Waals surface area contributed by atoms with Crippen LogP contribution in [0.1, 0.15) is 38.3 Å². The van der Waals surface area contributed by atoms with Crippen molar-refractivity contribution in [3.05, 3.63) is 42.0 Å². The molecule has 204 valence electrons. The Morgan fingerprint density at radius 2 is 1.68 bits per heavy atom. The van der Waals surface area contributed by atoms with Crippen molar-refractivity contribution >= 4 is 21.6 Å². The fourth-order valence-electron chi connectivity index (χ4n) is 4.29. The quantitative estimate of drug-likeness (QED) is 0.402. The fourth-order valence-corrected chi connectivity index (χ4v) is 5.75. The molecule has 0 unspecified atom stereocenters. The molecule has 1 amide bonds. The zero-order valence-corrected chi connectivity index (χ0v) is 22.9. The van der Waals surface area contributed by atoms with Crippen LogP contribution in [0.3, 0.4) is 0 Å². The molecule has 0 spiro atoms. The van der Waals surface area contributed by atoms with Gasteiger partial charge in [0.2, 0.25) is 21.7 Å². The number of methoxy groups -OCH3 is 3. The Hall–Kier alpha value is -3.02. The molecule has 37 heavy (non-hydrogen) atoms. The molecule has 1 aliphatic heterocycles. The number of anilines is 1. The molecule has 11 heteroatoms. The highest BCUT2D eigenvalue weighted by Crippen LogP contribution is 2.40. The average molecular weight is 536 g/mol. The summed E-state index contributed by atoms with van der Waals surface area (Å²) in [7, 11) is 0.938. The molecule has 0 bridgehead atoms. The van der Waals surface area contributed by atoms with Gasteiger partial charge in [-0.2, -0.15) is 4.31 Å². The normalized spacial score (nSPS) is 16.3. The van der Waals surface area contributed by atoms with E-state index < -0.39 is 16.1 Å². The number of hydrogen-bond donors (Lipinski definition) is 2. The third-order valence-electron chi connectivity index (χ3n) is 6.32. The van der Waals surface area contributed by atoms with Crippen molar-refractivity contribution < 1.29 is 32.2 Å². The van der Waals surface area contributed by atoms with Crippen molar-refractivity contribution in [3.8, 4) is 17.2 Å². The van der Waals surface area contributed by atoms with Crippen molar-refractivity contribution in [1.29, 1.82) is 0 Å². The second-order valence-corrected chi connectivity index (χ2v) is 10.5. The molecule has 1 fully saturated rings. The first-order chi connectivity index (χ1) is 17.8. The summed E-state index contributed by atoms with van der Waals surface area (Å²) in [5.74, 6) is 0.968. The maximum atomic E-state index is 13.4. The lowest BCUT2D eigenvalue weighted by Crippen LogP contribution is -2.38. The minimum atomic E-state index is -3.59. The third-order valence-corrected chi connectivity index (χ3v) is 8.38. The largest absolute Gasteiger partial charge is 0.493 e. The van der Waals surface area contributed by atoms with Crippen molar-refractivity contribution in [2.24, 2.45) is 0 Å². The summed E-state index contributed by atoms with van der Waals surface area (Å²) in [6.45, 7) is 5.45. The monoisotopic (exact) mass is 535 g/mol. The van der Waals surface area contributed by atoms with E-state index in [4.69, 9.17) is 18.9 Å². The molecule has 0 radical (unpaired) electrons. The van der Waals surface area contributed by atoms with Gasteiger partial charge in [-0.3, -0.25) is 4.79 Å². The van der Waals surface area contributed by atoms with Crippen molar-refractivity contribution in [2.75, 3.05) is 52.9 Å². The van der Waals surface area contributed by atoms with Crippen molar-refractivity contribution in [1.82, 2.24) is 9.62 Å². The zero-order chi connectivity index (χ0) is 27.0. The number of carbonyl (C=O) groups excluding carboxylic acids is 1. The summed E-state index contributed by atoms with van der Waals surface area (Å²) >= 11 is 0. The molecule has 2 aromatic carbocycles. The number of nitrogens with one attached hydrogen (secondary N) is 2. The van der Waals surface area contributed by atoms with Crippen LogP contribution in [0.4, 0.5) is 5.69 Å². The van der Waals surface area contributed by atoms with E-state index in [1.807, 2.05) is 0 Å². The Balaban J connectivity index is 1.93. The number of nitrogens with zero attached hydrogens (tertiary/aromatic N) is 1. The fraction of sp³-hybridized carbons (Fsp3) is 0.500. The van der Waals surface area contributed by atoms with Gasteiger partial charge in [0, 0.05) is 31.9 Å². The lowest BCUT2D eigenvalue weighted by molar-refractivity contribution is -0.122. The van der Waals surface area contributed by atoms with Gasteiger partial charge in [-0.1, -0.05) is 13.8 Å². The van der Waals surface area contributed by atoms with Crippen molar-refractivity contribution in [2.45, 2.75) is 43.7 Å². The summed E-state index contributed by atoms with van der Waals surface area (Å²) in [6, 6.07) is 8.95. The SMILES string of the molecule is CCN(CC)S(=O)(=O)c1ccc(N[C@H](C(=O)NC[C@@H]2CCCO2)c2cc(OC)c(OC)c(OC)c2)cc1. The van der Waals surface area contributed by atoms with E-state index in [2.05, 4.69) is 10.6 Å². The molecule has 0 aromatic heterocycles. The predicted molar refractivity (Wildman–Crippen MR) is 141 cm³/mol. The molecule has 1 saturated heterocycles. The molecular weight excluding hydrogens is 498 g/mol. The smallest absolute Gasteiger partial charge is 0.247 e. The second kappa shape index (κ2) is 13.0. The minimum absolute atomic E-state index is 0.0193. The van der Waals surface area contributed by atoms with E-state index in [0.29, 0.717) is 54.7 Å². The van der Waals surface area contributed by atoms with Gasteiger partial charge in [0.05, 0.1) is 32.3 Å². The van der Waals surface area contributed by atoms with Crippen LogP contribution in [-0.2, 0) is 19.6 Å². The Labute approximate surface area is 219 Å². The standard InChI is InChI=1S/C26H37N3O7S/c1-6-29(7-2)37(31,32)21-12-10-19(11-13-21)28-24(26(30)27-17-20-9-8-14-36-20)18-15-22(33-3)25(35-5)23(16-18)34-4/h10-13,15-16,20,24,28H,6-9,14,17H2,1-5H3,(H,27,30)/t20-,24-/m0/s1. The number of amides is 1. The van der Waals surface area contributed by atoms with Crippen LogP contribution < -0.4 is 24.8 Å². The molecule has 0 saturated carbocycles. The molecular formula is C26H37N3O7S. The number of carbonyl (C=O) groups is 1. The van der Waals surface area contributed by atoms with E-state index in [-0.39, 0.29) is 16.9 Å². The third kappa shape index (κ3) is 6.65. The van der Waals surface area contributed by atoms with Crippen LogP contribution in [0.5, 0.6) is 17.2 Å². The number of rotatable bonds is 13. The number of ether oxygens (including phenoxy) is 4. The van der Waals surface area contributed by atoms with Gasteiger partial charge >= 0.3 is 0 Å². The van der Waals surface area contributed by atoms with Gasteiger partial charge in [-0.15, -0.1) is 0 Å². The molecule has 0 aliphatic carbocycles. The Bertz CT molecular complexity index is 1120. The van der Waals surface area contributed by atoms with Crippen LogP contribution >= 0.6 is 0 Å². The molecule has 2 N–H and O–H groups in total. The van der Waals surface area contributed by atoms with Gasteiger partial charge in [0.1, 0.15) is 6.04 Å². The first kappa shape index (κ1) is 28.5. The van der Waals surface area contributed by atoms with Crippen LogP contribution in [0.2, 0.25) is 0 Å². The molecule has 2 aromatic rings. The molecule has 1 heterocycles. The van der Waals surface area contributed by atoms with Crippen LogP contribution in [0.15, 0.2) is 41.3 Å². The second-order valence-electron chi connectivity index (χ2n) is 8.53. The van der Waals surface area contributed by atoms with E-state index in [0.717, 1.165) is 12.8 Å². The number of sulfonamides is 1. The first-order valence-corrected chi connectivity index (χ1v) is 13.8. The summed E-state index contributed by atoms with van der Waals surface area (Å²) < 4.78 is 49.1. The Morgan fingerprint density at radius 3 is 2.16 bits per heavy atom. The molecule has 2 atom stereocenters. The maximum absolute atomic E-state index is 13.4. The number of hydrogen-bond acceptors (Lipinski definition) is 8. The summed E-state index contributed by atoms with van der Waals surface area (Å²) in [5, 5.41) is 6.20. The van der Waals surface area contributed by atoms with Gasteiger partial charge in [0.25, 0.3) is 0 Å². The topological polar surface area (TPSA) is 115 Å². The summed E-state index contributed by atoms with van der Waals surface area (Å²) in [4.78, 5) is 13.6. The molecule has 1 aliphatic rings. The highest BCUT2D eigenvalue weighted by molar-refractivity contribution is 7.89. The van der Waals surface area contributed by atoms with Gasteiger partial charge in [0.15, 0.2) is 11.5 Å². The highest BCUT2D eigenvalue weighted by atomic mass is 32.2. The first-order valence-electron chi connectivity index (χ1n) is 12.3. The van der Waals surface area contributed by atoms with Gasteiger partial charge < -0.3 is 29.6 Å². The van der Waals surface area contributed by atoms with Crippen LogP contribution in [0.25, 0.3) is 0 Å². The Morgan fingerprint density at radius 1 is 1.05 bits per heavy atom. The van der Waals surface area contributed by atoms with E-state index >= 15 is 0 Å². The predicted octanol–water partition coefficient (Wildman–Crippen LogP) is 3.19. The highest BCUT2D eigenvalue weighted by Gasteiger charge is 2.27. The van der Waals surface area contributed by atoms with Crippen LogP contribution in [-0.4, -0.2) is 72.3 Å². The molecule has 3 rings (SSSR count). The average Bonchev–Trinajstić information content (AvgIpc) is 3.44. The van der Waals surface area contributed by atoms with E-state index in [1.165, 1.54) is 37.8 Å².